The lowest BCUT2D eigenvalue weighted by molar-refractivity contribution is 0.628. The van der Waals surface area contributed by atoms with Crippen molar-refractivity contribution in [3.05, 3.63) is 80.3 Å². The fraction of sp³-hybridized carbons (Fsp3) is 0. The van der Waals surface area contributed by atoms with E-state index in [1.807, 2.05) is 6.07 Å². The molecule has 1 N–H and O–H groups in total. The first kappa shape index (κ1) is 16.3. The molecule has 24 heavy (non-hydrogen) atoms. The van der Waals surface area contributed by atoms with Gasteiger partial charge in [0, 0.05) is 16.1 Å². The number of pyridine rings is 1. The van der Waals surface area contributed by atoms with Crippen molar-refractivity contribution in [1.82, 2.24) is 4.98 Å². The number of halogens is 3. The molecule has 0 unspecified atom stereocenters. The van der Waals surface area contributed by atoms with Gasteiger partial charge in [-0.25, -0.2) is 4.39 Å². The quantitative estimate of drug-likeness (QED) is 0.698. The number of rotatable bonds is 2. The topological polar surface area (TPSA) is 56.6 Å². The van der Waals surface area contributed by atoms with Crippen LogP contribution in [0.25, 0.3) is 22.4 Å². The van der Waals surface area contributed by atoms with Crippen LogP contribution in [0, 0.1) is 17.1 Å². The van der Waals surface area contributed by atoms with Crippen LogP contribution in [0.3, 0.4) is 0 Å². The van der Waals surface area contributed by atoms with Crippen molar-refractivity contribution in [2.75, 3.05) is 0 Å². The third kappa shape index (κ3) is 3.05. The summed E-state index contributed by atoms with van der Waals surface area (Å²) in [5.41, 5.74) is 1.64. The molecule has 118 valence electrons. The summed E-state index contributed by atoms with van der Waals surface area (Å²) in [6, 6.07) is 14.2. The number of benzene rings is 2. The number of nitriles is 1. The lowest BCUT2D eigenvalue weighted by Crippen LogP contribution is -2.12. The summed E-state index contributed by atoms with van der Waals surface area (Å²) in [6.07, 6.45) is 0. The average Bonchev–Trinajstić information content (AvgIpc) is 2.56. The summed E-state index contributed by atoms with van der Waals surface area (Å²) in [5.74, 6) is -0.479. The molecule has 3 rings (SSSR count). The Balaban J connectivity index is 2.32. The monoisotopic (exact) mass is 358 g/mol. The lowest BCUT2D eigenvalue weighted by atomic mass is 9.98. The van der Waals surface area contributed by atoms with Crippen molar-refractivity contribution in [2.45, 2.75) is 0 Å². The van der Waals surface area contributed by atoms with Crippen molar-refractivity contribution in [1.29, 1.82) is 5.26 Å². The maximum Gasteiger partial charge on any atom is 0.266 e. The Labute approximate surface area is 146 Å². The van der Waals surface area contributed by atoms with Crippen LogP contribution in [0.4, 0.5) is 4.39 Å². The Bertz CT molecular complexity index is 1020. The second-order valence-corrected chi connectivity index (χ2v) is 5.89. The Morgan fingerprint density at radius 3 is 2.33 bits per heavy atom. The minimum Gasteiger partial charge on any atom is -0.320 e. The maximum atomic E-state index is 13.3. The van der Waals surface area contributed by atoms with Crippen molar-refractivity contribution in [3.8, 4) is 28.5 Å². The highest BCUT2D eigenvalue weighted by Crippen LogP contribution is 2.34. The molecule has 3 aromatic rings. The van der Waals surface area contributed by atoms with E-state index >= 15 is 0 Å². The molecule has 1 aromatic heterocycles. The number of nitrogens with zero attached hydrogens (tertiary/aromatic N) is 1. The van der Waals surface area contributed by atoms with Gasteiger partial charge in [0.1, 0.15) is 17.4 Å². The summed E-state index contributed by atoms with van der Waals surface area (Å²) < 4.78 is 13.3. The average molecular weight is 359 g/mol. The van der Waals surface area contributed by atoms with E-state index in [1.54, 1.807) is 24.3 Å². The Morgan fingerprint density at radius 1 is 1.00 bits per heavy atom. The molecule has 1 heterocycles. The van der Waals surface area contributed by atoms with Gasteiger partial charge >= 0.3 is 0 Å². The van der Waals surface area contributed by atoms with Crippen LogP contribution < -0.4 is 5.56 Å². The Hall–Kier alpha value is -2.61. The van der Waals surface area contributed by atoms with Crippen molar-refractivity contribution < 1.29 is 4.39 Å². The molecule has 0 atom stereocenters. The van der Waals surface area contributed by atoms with Gasteiger partial charge in [0.05, 0.1) is 10.7 Å². The van der Waals surface area contributed by atoms with Crippen LogP contribution in [0.1, 0.15) is 5.56 Å². The van der Waals surface area contributed by atoms with Gasteiger partial charge in [-0.3, -0.25) is 4.79 Å². The SMILES string of the molecule is N#Cc1cc(-c2ccc(Cl)cc2)c(-c2ccc(F)cc2Cl)[nH]c1=O. The zero-order valence-corrected chi connectivity index (χ0v) is 13.6. The zero-order valence-electron chi connectivity index (χ0n) is 12.1. The van der Waals surface area contributed by atoms with Gasteiger partial charge < -0.3 is 4.98 Å². The second kappa shape index (κ2) is 6.48. The molecular weight excluding hydrogens is 350 g/mol. The van der Waals surface area contributed by atoms with Crippen LogP contribution in [0.2, 0.25) is 10.0 Å². The molecule has 3 nitrogen and oxygen atoms in total. The van der Waals surface area contributed by atoms with E-state index in [-0.39, 0.29) is 10.6 Å². The molecule has 0 spiro atoms. The van der Waals surface area contributed by atoms with E-state index in [4.69, 9.17) is 28.5 Å². The third-order valence-electron chi connectivity index (χ3n) is 3.52. The number of aromatic amines is 1. The second-order valence-electron chi connectivity index (χ2n) is 5.04. The molecule has 0 aliphatic carbocycles. The lowest BCUT2D eigenvalue weighted by Gasteiger charge is -2.12. The predicted molar refractivity (Wildman–Crippen MR) is 92.6 cm³/mol. The van der Waals surface area contributed by atoms with Crippen molar-refractivity contribution in [2.24, 2.45) is 0 Å². The first-order valence-corrected chi connectivity index (χ1v) is 7.64. The van der Waals surface area contributed by atoms with Gasteiger partial charge in [-0.05, 0) is 42.0 Å². The van der Waals surface area contributed by atoms with E-state index < -0.39 is 11.4 Å². The minimum absolute atomic E-state index is 0.0260. The summed E-state index contributed by atoms with van der Waals surface area (Å²) in [4.78, 5) is 14.7. The minimum atomic E-state index is -0.536. The molecule has 0 aliphatic rings. The fourth-order valence-corrected chi connectivity index (χ4v) is 2.76. The molecule has 0 aliphatic heterocycles. The zero-order chi connectivity index (χ0) is 17.3. The smallest absolute Gasteiger partial charge is 0.266 e. The van der Waals surface area contributed by atoms with Gasteiger partial charge in [-0.15, -0.1) is 0 Å². The van der Waals surface area contributed by atoms with Gasteiger partial charge in [0.2, 0.25) is 0 Å². The van der Waals surface area contributed by atoms with E-state index in [0.29, 0.717) is 21.8 Å². The predicted octanol–water partition coefficient (Wildman–Crippen LogP) is 5.03. The van der Waals surface area contributed by atoms with Crippen LogP contribution >= 0.6 is 23.2 Å². The van der Waals surface area contributed by atoms with Crippen molar-refractivity contribution in [3.63, 3.8) is 0 Å². The van der Waals surface area contributed by atoms with Crippen LogP contribution in [-0.2, 0) is 0 Å². The maximum absolute atomic E-state index is 13.3. The summed E-state index contributed by atoms with van der Waals surface area (Å²) >= 11 is 12.0. The standard InChI is InChI=1S/C18H9Cl2FN2O/c19-12-3-1-10(2-4-12)15-7-11(9-22)18(24)23-17(15)14-6-5-13(21)8-16(14)20/h1-8H,(H,23,24). The summed E-state index contributed by atoms with van der Waals surface area (Å²) in [5, 5.41) is 9.84. The number of nitrogens with one attached hydrogen (secondary N) is 1. The third-order valence-corrected chi connectivity index (χ3v) is 4.08. The first-order valence-electron chi connectivity index (χ1n) is 6.88. The normalized spacial score (nSPS) is 10.4. The number of hydrogen-bond acceptors (Lipinski definition) is 2. The van der Waals surface area contributed by atoms with Gasteiger partial charge in [0.25, 0.3) is 5.56 Å². The number of H-pyrrole nitrogens is 1. The number of hydrogen-bond donors (Lipinski definition) is 1. The van der Waals surface area contributed by atoms with Crippen LogP contribution in [0.15, 0.2) is 53.3 Å². The van der Waals surface area contributed by atoms with Gasteiger partial charge in [0.15, 0.2) is 0 Å². The molecule has 0 bridgehead atoms. The first-order chi connectivity index (χ1) is 11.5. The molecule has 0 radical (unpaired) electrons. The summed E-state index contributed by atoms with van der Waals surface area (Å²) in [7, 11) is 0. The molecular formula is C18H9Cl2FN2O. The fourth-order valence-electron chi connectivity index (χ4n) is 2.38. The van der Waals surface area contributed by atoms with Crippen LogP contribution in [0.5, 0.6) is 0 Å². The largest absolute Gasteiger partial charge is 0.320 e. The molecule has 0 amide bonds. The molecule has 2 aromatic carbocycles. The van der Waals surface area contributed by atoms with E-state index in [9.17, 15) is 9.18 Å². The highest BCUT2D eigenvalue weighted by Gasteiger charge is 2.15. The molecule has 6 heteroatoms. The van der Waals surface area contributed by atoms with E-state index in [1.165, 1.54) is 24.3 Å². The molecule has 0 saturated carbocycles. The van der Waals surface area contributed by atoms with Crippen LogP contribution in [-0.4, -0.2) is 4.98 Å². The highest BCUT2D eigenvalue weighted by atomic mass is 35.5. The highest BCUT2D eigenvalue weighted by molar-refractivity contribution is 6.33. The van der Waals surface area contributed by atoms with Gasteiger partial charge in [-0.2, -0.15) is 5.26 Å². The molecule has 0 saturated heterocycles. The Morgan fingerprint density at radius 2 is 1.71 bits per heavy atom. The van der Waals surface area contributed by atoms with Crippen molar-refractivity contribution >= 4 is 23.2 Å². The Kier molecular flexibility index (Phi) is 4.39. The van der Waals surface area contributed by atoms with E-state index in [2.05, 4.69) is 4.98 Å². The van der Waals surface area contributed by atoms with Gasteiger partial charge in [-0.1, -0.05) is 35.3 Å². The van der Waals surface area contributed by atoms with E-state index in [0.717, 1.165) is 5.56 Å². The summed E-state index contributed by atoms with van der Waals surface area (Å²) in [6.45, 7) is 0. The molecule has 0 fully saturated rings. The number of aromatic nitrogens is 1.